The molecule has 6 nitrogen and oxygen atoms in total. The summed E-state index contributed by atoms with van der Waals surface area (Å²) in [6.07, 6.45) is 1.00. The average molecular weight is 385 g/mol. The Labute approximate surface area is 170 Å². The molecule has 1 unspecified atom stereocenters. The highest BCUT2D eigenvalue weighted by molar-refractivity contribution is 5.79. The Morgan fingerprint density at radius 2 is 1.86 bits per heavy atom. The Balaban J connectivity index is 1.85. The van der Waals surface area contributed by atoms with E-state index >= 15 is 0 Å². The van der Waals surface area contributed by atoms with Gasteiger partial charge in [-0.3, -0.25) is 14.6 Å². The molecule has 0 saturated heterocycles. The minimum absolute atomic E-state index is 0.324. The second-order valence-electron chi connectivity index (χ2n) is 7.03. The van der Waals surface area contributed by atoms with Gasteiger partial charge in [-0.2, -0.15) is 5.10 Å². The van der Waals surface area contributed by atoms with Crippen LogP contribution in [0.1, 0.15) is 43.3 Å². The number of aryl methyl sites for hydroxylation is 3. The number of hydrogen-bond donors (Lipinski definition) is 2. The number of rotatable bonds is 10. The van der Waals surface area contributed by atoms with E-state index in [1.54, 1.807) is 0 Å². The first kappa shape index (κ1) is 22.0. The van der Waals surface area contributed by atoms with Crippen LogP contribution >= 0.6 is 0 Å². The largest absolute Gasteiger partial charge is 0.356 e. The predicted molar refractivity (Wildman–Crippen MR) is 118 cm³/mol. The van der Waals surface area contributed by atoms with E-state index in [-0.39, 0.29) is 0 Å². The summed E-state index contributed by atoms with van der Waals surface area (Å²) >= 11 is 0. The zero-order valence-electron chi connectivity index (χ0n) is 18.1. The minimum Gasteiger partial charge on any atom is -0.356 e. The van der Waals surface area contributed by atoms with Crippen LogP contribution in [0, 0.1) is 13.8 Å². The predicted octanol–water partition coefficient (Wildman–Crippen LogP) is 3.14. The normalized spacial score (nSPS) is 13.0. The van der Waals surface area contributed by atoms with E-state index in [2.05, 4.69) is 87.5 Å². The van der Waals surface area contributed by atoms with E-state index in [1.807, 2.05) is 14.0 Å². The quantitative estimate of drug-likeness (QED) is 0.375. The molecule has 1 aromatic carbocycles. The van der Waals surface area contributed by atoms with Crippen molar-refractivity contribution >= 4 is 5.96 Å². The third kappa shape index (κ3) is 6.37. The van der Waals surface area contributed by atoms with Gasteiger partial charge in [0.15, 0.2) is 5.96 Å². The molecule has 1 aromatic heterocycles. The number of guanidine groups is 1. The van der Waals surface area contributed by atoms with E-state index in [4.69, 9.17) is 0 Å². The Kier molecular flexibility index (Phi) is 9.01. The fourth-order valence-corrected chi connectivity index (χ4v) is 3.55. The lowest BCUT2D eigenvalue weighted by atomic mass is 10.1. The number of aliphatic imine (C=N–C) groups is 1. The Hall–Kier alpha value is -2.34. The van der Waals surface area contributed by atoms with Gasteiger partial charge in [0.2, 0.25) is 0 Å². The van der Waals surface area contributed by atoms with Gasteiger partial charge in [0.05, 0.1) is 11.7 Å². The summed E-state index contributed by atoms with van der Waals surface area (Å²) < 4.78 is 2.07. The van der Waals surface area contributed by atoms with Crippen molar-refractivity contribution in [3.8, 4) is 0 Å². The van der Waals surface area contributed by atoms with Gasteiger partial charge in [-0.15, -0.1) is 0 Å². The Bertz CT molecular complexity index is 718. The molecule has 0 radical (unpaired) electrons. The highest BCUT2D eigenvalue weighted by Crippen LogP contribution is 2.19. The fraction of sp³-hybridized carbons (Fsp3) is 0.545. The summed E-state index contributed by atoms with van der Waals surface area (Å²) in [5.74, 6) is 0.849. The molecule has 0 spiro atoms. The van der Waals surface area contributed by atoms with E-state index in [0.717, 1.165) is 50.8 Å². The second-order valence-corrected chi connectivity index (χ2v) is 7.03. The van der Waals surface area contributed by atoms with Gasteiger partial charge in [-0.25, -0.2) is 0 Å². The van der Waals surface area contributed by atoms with Crippen molar-refractivity contribution in [2.75, 3.05) is 33.2 Å². The van der Waals surface area contributed by atoms with Crippen LogP contribution in [0.3, 0.4) is 0 Å². The van der Waals surface area contributed by atoms with E-state index < -0.39 is 0 Å². The second kappa shape index (κ2) is 11.5. The van der Waals surface area contributed by atoms with Crippen molar-refractivity contribution < 1.29 is 0 Å². The standard InChI is InChI=1S/C22H36N6/c1-6-27(7-2)21(20-12-9-8-10-13-20)17-25-22(23-5)24-14-11-15-28-19(4)16-18(3)26-28/h8-10,12-13,16,21H,6-7,11,14-15,17H2,1-5H3,(H2,23,24,25). The van der Waals surface area contributed by atoms with Crippen LogP contribution in [0.2, 0.25) is 0 Å². The molecule has 0 saturated carbocycles. The molecule has 2 N–H and O–H groups in total. The molecule has 0 amide bonds. The van der Waals surface area contributed by atoms with Crippen LogP contribution < -0.4 is 10.6 Å². The summed E-state index contributed by atoms with van der Waals surface area (Å²) in [5.41, 5.74) is 3.62. The molecule has 0 fully saturated rings. The molecule has 154 valence electrons. The molecule has 2 aromatic rings. The van der Waals surface area contributed by atoms with Crippen LogP contribution in [-0.2, 0) is 6.54 Å². The molecule has 28 heavy (non-hydrogen) atoms. The van der Waals surface area contributed by atoms with Crippen molar-refractivity contribution in [1.82, 2.24) is 25.3 Å². The first-order chi connectivity index (χ1) is 13.6. The lowest BCUT2D eigenvalue weighted by Crippen LogP contribution is -2.43. The van der Waals surface area contributed by atoms with Gasteiger partial charge < -0.3 is 10.6 Å². The van der Waals surface area contributed by atoms with Gasteiger partial charge in [0, 0.05) is 32.4 Å². The summed E-state index contributed by atoms with van der Waals surface area (Å²) in [4.78, 5) is 6.86. The third-order valence-corrected chi connectivity index (χ3v) is 5.07. The summed E-state index contributed by atoms with van der Waals surface area (Å²) in [5, 5.41) is 11.4. The highest BCUT2D eigenvalue weighted by atomic mass is 15.3. The summed E-state index contributed by atoms with van der Waals surface area (Å²) in [6, 6.07) is 13.1. The molecule has 0 aliphatic rings. The molecule has 1 heterocycles. The van der Waals surface area contributed by atoms with Crippen LogP contribution in [-0.4, -0.2) is 53.9 Å². The SMILES string of the molecule is CCN(CC)C(CNC(=NC)NCCCn1nc(C)cc1C)c1ccccc1. The maximum absolute atomic E-state index is 4.52. The van der Waals surface area contributed by atoms with Gasteiger partial charge >= 0.3 is 0 Å². The molecule has 0 aliphatic carbocycles. The van der Waals surface area contributed by atoms with Crippen molar-refractivity contribution in [2.24, 2.45) is 4.99 Å². The zero-order valence-corrected chi connectivity index (χ0v) is 18.1. The fourth-order valence-electron chi connectivity index (χ4n) is 3.55. The van der Waals surface area contributed by atoms with Crippen LogP contribution in [0.15, 0.2) is 41.4 Å². The first-order valence-corrected chi connectivity index (χ1v) is 10.3. The maximum Gasteiger partial charge on any atom is 0.191 e. The van der Waals surface area contributed by atoms with Crippen molar-refractivity contribution in [3.05, 3.63) is 53.3 Å². The Morgan fingerprint density at radius 3 is 2.43 bits per heavy atom. The molecular weight excluding hydrogens is 348 g/mol. The van der Waals surface area contributed by atoms with Gasteiger partial charge in [-0.05, 0) is 45.0 Å². The number of likely N-dealkylation sites (N-methyl/N-ethyl adjacent to an activating group) is 1. The number of nitrogens with one attached hydrogen (secondary N) is 2. The van der Waals surface area contributed by atoms with Crippen molar-refractivity contribution in [2.45, 2.75) is 46.7 Å². The monoisotopic (exact) mass is 384 g/mol. The lowest BCUT2D eigenvalue weighted by molar-refractivity contribution is 0.219. The van der Waals surface area contributed by atoms with Crippen LogP contribution in [0.4, 0.5) is 0 Å². The van der Waals surface area contributed by atoms with E-state index in [0.29, 0.717) is 6.04 Å². The van der Waals surface area contributed by atoms with Crippen LogP contribution in [0.5, 0.6) is 0 Å². The van der Waals surface area contributed by atoms with Gasteiger partial charge in [0.25, 0.3) is 0 Å². The number of aromatic nitrogens is 2. The van der Waals surface area contributed by atoms with E-state index in [1.165, 1.54) is 11.3 Å². The average Bonchev–Trinajstić information content (AvgIpc) is 3.04. The Morgan fingerprint density at radius 1 is 1.14 bits per heavy atom. The smallest absolute Gasteiger partial charge is 0.191 e. The highest BCUT2D eigenvalue weighted by Gasteiger charge is 2.18. The number of benzene rings is 1. The summed E-state index contributed by atoms with van der Waals surface area (Å²) in [6.45, 7) is 13.2. The molecule has 6 heteroatoms. The first-order valence-electron chi connectivity index (χ1n) is 10.3. The third-order valence-electron chi connectivity index (χ3n) is 5.07. The van der Waals surface area contributed by atoms with E-state index in [9.17, 15) is 0 Å². The summed E-state index contributed by atoms with van der Waals surface area (Å²) in [7, 11) is 1.82. The molecule has 0 aliphatic heterocycles. The molecule has 2 rings (SSSR count). The van der Waals surface area contributed by atoms with Gasteiger partial charge in [-0.1, -0.05) is 44.2 Å². The molecular formula is C22H36N6. The van der Waals surface area contributed by atoms with Crippen molar-refractivity contribution in [1.29, 1.82) is 0 Å². The maximum atomic E-state index is 4.52. The number of hydrogen-bond acceptors (Lipinski definition) is 3. The molecule has 0 bridgehead atoms. The minimum atomic E-state index is 0.324. The zero-order chi connectivity index (χ0) is 20.4. The number of nitrogens with zero attached hydrogens (tertiary/aromatic N) is 4. The topological polar surface area (TPSA) is 57.5 Å². The van der Waals surface area contributed by atoms with Crippen LogP contribution in [0.25, 0.3) is 0 Å². The molecule has 1 atom stereocenters. The van der Waals surface area contributed by atoms with Gasteiger partial charge in [0.1, 0.15) is 0 Å². The van der Waals surface area contributed by atoms with Crippen molar-refractivity contribution in [3.63, 3.8) is 0 Å². The lowest BCUT2D eigenvalue weighted by Gasteiger charge is -2.30.